The average Bonchev–Trinajstić information content (AvgIpc) is 2.67. The molecule has 2 aromatic heterocycles. The molecule has 1 aromatic carbocycles. The van der Waals surface area contributed by atoms with E-state index in [0.29, 0.717) is 11.3 Å². The molecule has 0 atom stereocenters. The van der Waals surface area contributed by atoms with Crippen LogP contribution in [0.5, 0.6) is 0 Å². The first-order chi connectivity index (χ1) is 13.5. The van der Waals surface area contributed by atoms with E-state index >= 15 is 0 Å². The Kier molecular flexibility index (Phi) is 5.02. The first-order valence-electron chi connectivity index (χ1n) is 9.38. The predicted molar refractivity (Wildman–Crippen MR) is 105 cm³/mol. The standard InChI is InChI=1S/C20H22F2N6/c1-12-11-17(24-13(2)23-12)28-9-7-14(8-10-28)25-19-15-5-3-4-6-16(15)26-20(27-19)18(21)22/h3-6,11,14,18H,7-10H2,1-2H3,(H,25,26,27). The van der Waals surface area contributed by atoms with Crippen LogP contribution in [0.25, 0.3) is 10.9 Å². The minimum Gasteiger partial charge on any atom is -0.367 e. The summed E-state index contributed by atoms with van der Waals surface area (Å²) in [5, 5.41) is 4.13. The largest absolute Gasteiger partial charge is 0.367 e. The van der Waals surface area contributed by atoms with Crippen molar-refractivity contribution in [2.75, 3.05) is 23.3 Å². The molecule has 0 unspecified atom stereocenters. The molecule has 6 nitrogen and oxygen atoms in total. The third kappa shape index (κ3) is 3.85. The Hall–Kier alpha value is -2.90. The molecule has 1 fully saturated rings. The number of nitrogens with zero attached hydrogens (tertiary/aromatic N) is 5. The second kappa shape index (κ2) is 7.61. The number of para-hydroxylation sites is 1. The van der Waals surface area contributed by atoms with E-state index < -0.39 is 12.2 Å². The Morgan fingerprint density at radius 3 is 2.50 bits per heavy atom. The molecule has 3 aromatic rings. The highest BCUT2D eigenvalue weighted by molar-refractivity contribution is 5.89. The lowest BCUT2D eigenvalue weighted by molar-refractivity contribution is 0.141. The highest BCUT2D eigenvalue weighted by Gasteiger charge is 2.23. The van der Waals surface area contributed by atoms with Crippen LogP contribution in [0.2, 0.25) is 0 Å². The van der Waals surface area contributed by atoms with Gasteiger partial charge < -0.3 is 10.2 Å². The number of piperidine rings is 1. The third-order valence-corrected chi connectivity index (χ3v) is 4.93. The monoisotopic (exact) mass is 384 g/mol. The fourth-order valence-corrected chi connectivity index (χ4v) is 3.61. The van der Waals surface area contributed by atoms with E-state index in [9.17, 15) is 8.78 Å². The van der Waals surface area contributed by atoms with Gasteiger partial charge in [0.25, 0.3) is 6.43 Å². The summed E-state index contributed by atoms with van der Waals surface area (Å²) in [6.45, 7) is 5.52. The fourth-order valence-electron chi connectivity index (χ4n) is 3.61. The number of hydrogen-bond donors (Lipinski definition) is 1. The maximum Gasteiger partial charge on any atom is 0.297 e. The van der Waals surface area contributed by atoms with Gasteiger partial charge in [-0.25, -0.2) is 28.7 Å². The van der Waals surface area contributed by atoms with Crippen LogP contribution in [0.15, 0.2) is 30.3 Å². The average molecular weight is 384 g/mol. The molecule has 0 spiro atoms. The number of halogens is 2. The van der Waals surface area contributed by atoms with Gasteiger partial charge in [-0.1, -0.05) is 12.1 Å². The van der Waals surface area contributed by atoms with Crippen molar-refractivity contribution in [1.82, 2.24) is 19.9 Å². The van der Waals surface area contributed by atoms with Crippen molar-refractivity contribution in [2.24, 2.45) is 0 Å². The molecule has 0 radical (unpaired) electrons. The van der Waals surface area contributed by atoms with Gasteiger partial charge in [0.05, 0.1) is 5.52 Å². The second-order valence-corrected chi connectivity index (χ2v) is 7.07. The van der Waals surface area contributed by atoms with Crippen molar-refractivity contribution < 1.29 is 8.78 Å². The van der Waals surface area contributed by atoms with Gasteiger partial charge in [-0.2, -0.15) is 0 Å². The van der Waals surface area contributed by atoms with Gasteiger partial charge in [-0.3, -0.25) is 0 Å². The highest BCUT2D eigenvalue weighted by Crippen LogP contribution is 2.27. The second-order valence-electron chi connectivity index (χ2n) is 7.07. The zero-order chi connectivity index (χ0) is 19.7. The molecule has 4 rings (SSSR count). The number of aromatic nitrogens is 4. The Morgan fingerprint density at radius 1 is 1.04 bits per heavy atom. The SMILES string of the molecule is Cc1cc(N2CCC(Nc3nc(C(F)F)nc4ccccc34)CC2)nc(C)n1. The lowest BCUT2D eigenvalue weighted by atomic mass is 10.0. The summed E-state index contributed by atoms with van der Waals surface area (Å²) in [4.78, 5) is 19.2. The third-order valence-electron chi connectivity index (χ3n) is 4.93. The molecule has 0 bridgehead atoms. The number of nitrogens with one attached hydrogen (secondary N) is 1. The summed E-state index contributed by atoms with van der Waals surface area (Å²) in [5.74, 6) is 1.75. The van der Waals surface area contributed by atoms with Crippen LogP contribution < -0.4 is 10.2 Å². The number of alkyl halides is 2. The van der Waals surface area contributed by atoms with E-state index in [2.05, 4.69) is 30.2 Å². The first kappa shape index (κ1) is 18.5. The van der Waals surface area contributed by atoms with Crippen LogP contribution in [0.3, 0.4) is 0 Å². The maximum absolute atomic E-state index is 13.2. The Bertz CT molecular complexity index is 965. The summed E-state index contributed by atoms with van der Waals surface area (Å²) in [5.41, 5.74) is 1.48. The zero-order valence-corrected chi connectivity index (χ0v) is 15.9. The van der Waals surface area contributed by atoms with Gasteiger partial charge in [0.1, 0.15) is 17.5 Å². The number of benzene rings is 1. The van der Waals surface area contributed by atoms with Gasteiger partial charge >= 0.3 is 0 Å². The molecule has 1 N–H and O–H groups in total. The lowest BCUT2D eigenvalue weighted by Gasteiger charge is -2.33. The number of rotatable bonds is 4. The molecule has 0 amide bonds. The predicted octanol–water partition coefficient (Wildman–Crippen LogP) is 4.06. The highest BCUT2D eigenvalue weighted by atomic mass is 19.3. The summed E-state index contributed by atoms with van der Waals surface area (Å²) in [6.07, 6.45) is -0.967. The Labute approximate surface area is 162 Å². The van der Waals surface area contributed by atoms with E-state index in [1.807, 2.05) is 32.0 Å². The molecule has 1 saturated heterocycles. The maximum atomic E-state index is 13.2. The normalized spacial score (nSPS) is 15.4. The molecule has 1 aliphatic heterocycles. The van der Waals surface area contributed by atoms with Crippen LogP contribution in [0.4, 0.5) is 20.4 Å². The van der Waals surface area contributed by atoms with Crippen molar-refractivity contribution >= 4 is 22.5 Å². The zero-order valence-electron chi connectivity index (χ0n) is 15.9. The number of aryl methyl sites for hydroxylation is 2. The van der Waals surface area contributed by atoms with Crippen molar-refractivity contribution in [3.05, 3.63) is 47.7 Å². The molecule has 8 heteroatoms. The topological polar surface area (TPSA) is 66.8 Å². The van der Waals surface area contributed by atoms with Gasteiger partial charge in [0.2, 0.25) is 0 Å². The van der Waals surface area contributed by atoms with Crippen molar-refractivity contribution in [3.63, 3.8) is 0 Å². The van der Waals surface area contributed by atoms with Crippen molar-refractivity contribution in [3.8, 4) is 0 Å². The Balaban J connectivity index is 1.50. The minimum absolute atomic E-state index is 0.157. The van der Waals surface area contributed by atoms with Gasteiger partial charge in [-0.05, 0) is 38.8 Å². The molecule has 0 aliphatic carbocycles. The fraction of sp³-hybridized carbons (Fsp3) is 0.400. The molecule has 146 valence electrons. The van der Waals surface area contributed by atoms with Crippen molar-refractivity contribution in [1.29, 1.82) is 0 Å². The summed E-state index contributed by atoms with van der Waals surface area (Å²) < 4.78 is 26.4. The summed E-state index contributed by atoms with van der Waals surface area (Å²) in [7, 11) is 0. The van der Waals surface area contributed by atoms with Crippen LogP contribution in [0, 0.1) is 13.8 Å². The molecule has 28 heavy (non-hydrogen) atoms. The van der Waals surface area contributed by atoms with E-state index in [-0.39, 0.29) is 6.04 Å². The number of hydrogen-bond acceptors (Lipinski definition) is 6. The number of anilines is 2. The van der Waals surface area contributed by atoms with E-state index in [1.54, 1.807) is 12.1 Å². The van der Waals surface area contributed by atoms with Gasteiger partial charge in [-0.15, -0.1) is 0 Å². The number of fused-ring (bicyclic) bond motifs is 1. The first-order valence-corrected chi connectivity index (χ1v) is 9.38. The van der Waals surface area contributed by atoms with E-state index in [0.717, 1.165) is 48.7 Å². The molecule has 0 saturated carbocycles. The smallest absolute Gasteiger partial charge is 0.297 e. The van der Waals surface area contributed by atoms with Crippen LogP contribution >= 0.6 is 0 Å². The molecular formula is C20H22F2N6. The van der Waals surface area contributed by atoms with Gasteiger partial charge in [0, 0.05) is 36.3 Å². The lowest BCUT2D eigenvalue weighted by Crippen LogP contribution is -2.39. The van der Waals surface area contributed by atoms with Gasteiger partial charge in [0.15, 0.2) is 5.82 Å². The van der Waals surface area contributed by atoms with E-state index in [4.69, 9.17) is 0 Å². The molecule has 3 heterocycles. The van der Waals surface area contributed by atoms with E-state index in [1.165, 1.54) is 0 Å². The minimum atomic E-state index is -2.70. The van der Waals surface area contributed by atoms with Crippen LogP contribution in [-0.2, 0) is 0 Å². The van der Waals surface area contributed by atoms with Crippen LogP contribution in [-0.4, -0.2) is 39.1 Å². The molecular weight excluding hydrogens is 362 g/mol. The summed E-state index contributed by atoms with van der Waals surface area (Å²) >= 11 is 0. The molecule has 1 aliphatic rings. The van der Waals surface area contributed by atoms with Crippen molar-refractivity contribution in [2.45, 2.75) is 39.2 Å². The summed E-state index contributed by atoms with van der Waals surface area (Å²) in [6, 6.07) is 9.39. The quantitative estimate of drug-likeness (QED) is 0.732. The Morgan fingerprint density at radius 2 is 1.79 bits per heavy atom. The van der Waals surface area contributed by atoms with Crippen LogP contribution in [0.1, 0.15) is 36.6 Å².